The molecule has 2 N–H and O–H groups in total. The Kier molecular flexibility index (Phi) is 6.01. The lowest BCUT2D eigenvalue weighted by Crippen LogP contribution is -2.21. The van der Waals surface area contributed by atoms with E-state index in [1.807, 2.05) is 19.1 Å². The van der Waals surface area contributed by atoms with Gasteiger partial charge in [-0.3, -0.25) is 4.98 Å². The highest BCUT2D eigenvalue weighted by molar-refractivity contribution is 6.25. The highest BCUT2D eigenvalue weighted by Crippen LogP contribution is 2.11. The van der Waals surface area contributed by atoms with Gasteiger partial charge in [-0.05, 0) is 31.1 Å². The standard InChI is InChI=1S/C13H19ClN2O/c1-3-11(15)6-12-4-5-13(8-16-12)17-9-10(2)7-14/h4-5,7-8,11H,3,6,9,15H2,1-2H3/b10-7+. The molecule has 94 valence electrons. The zero-order valence-electron chi connectivity index (χ0n) is 10.3. The quantitative estimate of drug-likeness (QED) is 0.849. The summed E-state index contributed by atoms with van der Waals surface area (Å²) in [7, 11) is 0. The molecule has 1 unspecified atom stereocenters. The average molecular weight is 255 g/mol. The lowest BCUT2D eigenvalue weighted by molar-refractivity contribution is 0.350. The summed E-state index contributed by atoms with van der Waals surface area (Å²) in [5, 5.41) is 0. The minimum Gasteiger partial charge on any atom is -0.488 e. The molecule has 1 atom stereocenters. The van der Waals surface area contributed by atoms with Gasteiger partial charge in [0.1, 0.15) is 12.4 Å². The molecule has 3 nitrogen and oxygen atoms in total. The van der Waals surface area contributed by atoms with Crippen molar-refractivity contribution >= 4 is 11.6 Å². The molecule has 0 amide bonds. The number of hydrogen-bond donors (Lipinski definition) is 1. The average Bonchev–Trinajstić information content (AvgIpc) is 2.37. The SMILES string of the molecule is CCC(N)Cc1ccc(OC/C(C)=C/Cl)cn1. The molecule has 1 rings (SSSR count). The summed E-state index contributed by atoms with van der Waals surface area (Å²) in [6, 6.07) is 4.03. The second-order valence-electron chi connectivity index (χ2n) is 4.10. The fourth-order valence-electron chi connectivity index (χ4n) is 1.26. The third-order valence-corrected chi connectivity index (χ3v) is 2.82. The Bertz CT molecular complexity index is 362. The monoisotopic (exact) mass is 254 g/mol. The van der Waals surface area contributed by atoms with Crippen molar-refractivity contribution in [3.05, 3.63) is 35.1 Å². The second kappa shape index (κ2) is 7.30. The van der Waals surface area contributed by atoms with E-state index in [4.69, 9.17) is 22.1 Å². The van der Waals surface area contributed by atoms with Crippen molar-refractivity contribution in [2.45, 2.75) is 32.7 Å². The summed E-state index contributed by atoms with van der Waals surface area (Å²) in [5.74, 6) is 0.747. The minimum absolute atomic E-state index is 0.177. The Morgan fingerprint density at radius 3 is 2.88 bits per heavy atom. The number of halogens is 1. The van der Waals surface area contributed by atoms with Crippen molar-refractivity contribution < 1.29 is 4.74 Å². The van der Waals surface area contributed by atoms with E-state index in [0.717, 1.165) is 29.9 Å². The molecule has 0 aliphatic carbocycles. The molecule has 0 bridgehead atoms. The number of rotatable bonds is 6. The molecular formula is C13H19ClN2O. The van der Waals surface area contributed by atoms with E-state index in [1.54, 1.807) is 6.20 Å². The summed E-state index contributed by atoms with van der Waals surface area (Å²) in [5.41, 5.74) is 9.35. The van der Waals surface area contributed by atoms with Gasteiger partial charge >= 0.3 is 0 Å². The van der Waals surface area contributed by atoms with Crippen molar-refractivity contribution in [1.82, 2.24) is 4.98 Å². The van der Waals surface area contributed by atoms with E-state index in [1.165, 1.54) is 5.54 Å². The highest BCUT2D eigenvalue weighted by atomic mass is 35.5. The van der Waals surface area contributed by atoms with Crippen LogP contribution in [0.2, 0.25) is 0 Å². The molecule has 1 aromatic rings. The Hall–Kier alpha value is -1.06. The number of aromatic nitrogens is 1. The maximum absolute atomic E-state index is 5.87. The molecule has 0 radical (unpaired) electrons. The van der Waals surface area contributed by atoms with Crippen LogP contribution in [0.1, 0.15) is 26.0 Å². The van der Waals surface area contributed by atoms with Crippen molar-refractivity contribution in [2.75, 3.05) is 6.61 Å². The van der Waals surface area contributed by atoms with Gasteiger partial charge in [-0.1, -0.05) is 18.5 Å². The number of nitrogens with zero attached hydrogens (tertiary/aromatic N) is 1. The summed E-state index contributed by atoms with van der Waals surface area (Å²) in [6.07, 6.45) is 3.48. The second-order valence-corrected chi connectivity index (χ2v) is 4.32. The van der Waals surface area contributed by atoms with Gasteiger partial charge in [0.2, 0.25) is 0 Å². The highest BCUT2D eigenvalue weighted by Gasteiger charge is 2.03. The topological polar surface area (TPSA) is 48.1 Å². The molecule has 0 spiro atoms. The first-order chi connectivity index (χ1) is 8.15. The van der Waals surface area contributed by atoms with E-state index in [0.29, 0.717) is 6.61 Å². The van der Waals surface area contributed by atoms with Crippen molar-refractivity contribution in [2.24, 2.45) is 5.73 Å². The van der Waals surface area contributed by atoms with Gasteiger partial charge in [-0.2, -0.15) is 0 Å². The number of pyridine rings is 1. The smallest absolute Gasteiger partial charge is 0.138 e. The minimum atomic E-state index is 0.177. The van der Waals surface area contributed by atoms with Crippen LogP contribution in [0.15, 0.2) is 29.4 Å². The van der Waals surface area contributed by atoms with Crippen LogP contribution in [0.3, 0.4) is 0 Å². The van der Waals surface area contributed by atoms with Gasteiger partial charge in [0.25, 0.3) is 0 Å². The van der Waals surface area contributed by atoms with Crippen LogP contribution in [0.4, 0.5) is 0 Å². The van der Waals surface area contributed by atoms with Crippen LogP contribution < -0.4 is 10.5 Å². The van der Waals surface area contributed by atoms with Gasteiger partial charge in [0, 0.05) is 23.7 Å². The van der Waals surface area contributed by atoms with Crippen LogP contribution in [0.25, 0.3) is 0 Å². The van der Waals surface area contributed by atoms with Crippen LogP contribution in [-0.2, 0) is 6.42 Å². The third kappa shape index (κ3) is 5.20. The van der Waals surface area contributed by atoms with E-state index < -0.39 is 0 Å². The van der Waals surface area contributed by atoms with Gasteiger partial charge in [-0.25, -0.2) is 0 Å². The molecular weight excluding hydrogens is 236 g/mol. The van der Waals surface area contributed by atoms with E-state index in [2.05, 4.69) is 11.9 Å². The Morgan fingerprint density at radius 1 is 1.59 bits per heavy atom. The summed E-state index contributed by atoms with van der Waals surface area (Å²) < 4.78 is 5.50. The first-order valence-corrected chi connectivity index (χ1v) is 6.18. The van der Waals surface area contributed by atoms with Crippen molar-refractivity contribution in [3.63, 3.8) is 0 Å². The van der Waals surface area contributed by atoms with Gasteiger partial charge in [-0.15, -0.1) is 0 Å². The van der Waals surface area contributed by atoms with Crippen LogP contribution in [0.5, 0.6) is 5.75 Å². The largest absolute Gasteiger partial charge is 0.488 e. The molecule has 0 aliphatic heterocycles. The Morgan fingerprint density at radius 2 is 2.35 bits per heavy atom. The lowest BCUT2D eigenvalue weighted by atomic mass is 10.1. The molecule has 0 aliphatic rings. The number of nitrogens with two attached hydrogens (primary N) is 1. The molecule has 1 aromatic heterocycles. The van der Waals surface area contributed by atoms with E-state index in [-0.39, 0.29) is 6.04 Å². The molecule has 17 heavy (non-hydrogen) atoms. The molecule has 4 heteroatoms. The van der Waals surface area contributed by atoms with Crippen molar-refractivity contribution in [3.8, 4) is 5.75 Å². The van der Waals surface area contributed by atoms with Gasteiger partial charge in [0.15, 0.2) is 0 Å². The van der Waals surface area contributed by atoms with E-state index in [9.17, 15) is 0 Å². The maximum Gasteiger partial charge on any atom is 0.138 e. The first kappa shape index (κ1) is 14.0. The zero-order valence-corrected chi connectivity index (χ0v) is 11.1. The summed E-state index contributed by atoms with van der Waals surface area (Å²) in [6.45, 7) is 4.47. The summed E-state index contributed by atoms with van der Waals surface area (Å²) in [4.78, 5) is 4.31. The fraction of sp³-hybridized carbons (Fsp3) is 0.462. The molecule has 0 saturated carbocycles. The molecule has 1 heterocycles. The maximum atomic E-state index is 5.87. The Labute approximate surface area is 108 Å². The normalized spacial score (nSPS) is 13.5. The van der Waals surface area contributed by atoms with Gasteiger partial charge in [0.05, 0.1) is 6.20 Å². The first-order valence-electron chi connectivity index (χ1n) is 5.74. The number of hydrogen-bond acceptors (Lipinski definition) is 3. The lowest BCUT2D eigenvalue weighted by Gasteiger charge is -2.09. The third-order valence-electron chi connectivity index (χ3n) is 2.45. The van der Waals surface area contributed by atoms with Crippen LogP contribution in [-0.4, -0.2) is 17.6 Å². The van der Waals surface area contributed by atoms with Crippen LogP contribution in [0, 0.1) is 0 Å². The van der Waals surface area contributed by atoms with Crippen molar-refractivity contribution in [1.29, 1.82) is 0 Å². The fourth-order valence-corrected chi connectivity index (χ4v) is 1.32. The Balaban J connectivity index is 2.50. The van der Waals surface area contributed by atoms with Gasteiger partial charge < -0.3 is 10.5 Å². The molecule has 0 fully saturated rings. The molecule has 0 aromatic carbocycles. The van der Waals surface area contributed by atoms with E-state index >= 15 is 0 Å². The molecule has 0 saturated heterocycles. The number of ether oxygens (including phenoxy) is 1. The zero-order chi connectivity index (χ0) is 12.7. The predicted octanol–water partition coefficient (Wildman–Crippen LogP) is 2.88. The predicted molar refractivity (Wildman–Crippen MR) is 71.3 cm³/mol. The van der Waals surface area contributed by atoms with Crippen LogP contribution >= 0.6 is 11.6 Å². The summed E-state index contributed by atoms with van der Waals surface area (Å²) >= 11 is 5.55.